The summed E-state index contributed by atoms with van der Waals surface area (Å²) in [6, 6.07) is 0. The Labute approximate surface area is 90.6 Å². The van der Waals surface area contributed by atoms with E-state index in [9.17, 15) is 9.59 Å². The smallest absolute Gasteiger partial charge is 0.417 e. The number of nitrogens with zero attached hydrogens (tertiary/aromatic N) is 1. The Morgan fingerprint density at radius 2 is 1.93 bits per heavy atom. The second-order valence-electron chi connectivity index (χ2n) is 5.80. The molecule has 1 rings (SSSR count). The van der Waals surface area contributed by atoms with Crippen LogP contribution in [0.4, 0.5) is 4.79 Å². The maximum absolute atomic E-state index is 11.6. The van der Waals surface area contributed by atoms with Gasteiger partial charge in [0.05, 0.1) is 0 Å². The summed E-state index contributed by atoms with van der Waals surface area (Å²) in [6.07, 6.45) is -0.121. The molecule has 1 aliphatic rings. The van der Waals surface area contributed by atoms with Crippen molar-refractivity contribution in [3.8, 4) is 0 Å². The van der Waals surface area contributed by atoms with Crippen LogP contribution in [0.3, 0.4) is 0 Å². The molecule has 1 saturated heterocycles. The average molecular weight is 213 g/mol. The SMILES string of the molecule is CC1(C)CC(=O)N(C(=O)OC(C)(C)C)C1. The summed E-state index contributed by atoms with van der Waals surface area (Å²) in [5.74, 6) is -0.144. The Balaban J connectivity index is 2.67. The third kappa shape index (κ3) is 3.22. The van der Waals surface area contributed by atoms with Crippen LogP contribution in [0.1, 0.15) is 41.0 Å². The fourth-order valence-corrected chi connectivity index (χ4v) is 1.56. The first-order valence-electron chi connectivity index (χ1n) is 5.14. The fourth-order valence-electron chi connectivity index (χ4n) is 1.56. The summed E-state index contributed by atoms with van der Waals surface area (Å²) in [5, 5.41) is 0. The zero-order valence-corrected chi connectivity index (χ0v) is 10.1. The number of hydrogen-bond acceptors (Lipinski definition) is 3. The number of hydrogen-bond donors (Lipinski definition) is 0. The minimum absolute atomic E-state index is 0.131. The molecule has 1 fully saturated rings. The third-order valence-corrected chi connectivity index (χ3v) is 2.13. The van der Waals surface area contributed by atoms with E-state index in [4.69, 9.17) is 4.74 Å². The minimum Gasteiger partial charge on any atom is -0.443 e. The van der Waals surface area contributed by atoms with Crippen molar-refractivity contribution >= 4 is 12.0 Å². The monoisotopic (exact) mass is 213 g/mol. The lowest BCUT2D eigenvalue weighted by Gasteiger charge is -2.24. The van der Waals surface area contributed by atoms with Gasteiger partial charge < -0.3 is 4.74 Å². The second kappa shape index (κ2) is 3.51. The van der Waals surface area contributed by atoms with Crippen LogP contribution in [0.25, 0.3) is 0 Å². The predicted octanol–water partition coefficient (Wildman–Crippen LogP) is 2.18. The van der Waals surface area contributed by atoms with Crippen LogP contribution >= 0.6 is 0 Å². The summed E-state index contributed by atoms with van der Waals surface area (Å²) < 4.78 is 5.15. The molecule has 15 heavy (non-hydrogen) atoms. The number of rotatable bonds is 0. The van der Waals surface area contributed by atoms with Crippen LogP contribution in [-0.2, 0) is 9.53 Å². The molecule has 0 aromatic heterocycles. The molecule has 0 aliphatic carbocycles. The molecule has 0 aromatic carbocycles. The Bertz CT molecular complexity index is 289. The highest BCUT2D eigenvalue weighted by Crippen LogP contribution is 2.30. The zero-order chi connectivity index (χ0) is 11.9. The Hall–Kier alpha value is -1.06. The van der Waals surface area contributed by atoms with E-state index in [0.29, 0.717) is 13.0 Å². The molecule has 2 amide bonds. The molecule has 0 atom stereocenters. The standard InChI is InChI=1S/C11H19NO3/c1-10(2,3)15-9(14)12-7-11(4,5)6-8(12)13/h6-7H2,1-5H3. The van der Waals surface area contributed by atoms with Gasteiger partial charge in [-0.3, -0.25) is 4.79 Å². The topological polar surface area (TPSA) is 46.6 Å². The summed E-state index contributed by atoms with van der Waals surface area (Å²) >= 11 is 0. The Kier molecular flexibility index (Phi) is 2.81. The highest BCUT2D eigenvalue weighted by Gasteiger charge is 2.40. The zero-order valence-electron chi connectivity index (χ0n) is 10.1. The molecular weight excluding hydrogens is 194 g/mol. The van der Waals surface area contributed by atoms with Crippen molar-refractivity contribution in [3.05, 3.63) is 0 Å². The summed E-state index contributed by atoms with van der Waals surface area (Å²) in [5.41, 5.74) is -0.682. The summed E-state index contributed by atoms with van der Waals surface area (Å²) in [4.78, 5) is 24.4. The lowest BCUT2D eigenvalue weighted by atomic mass is 9.93. The first-order chi connectivity index (χ1) is 6.61. The molecule has 0 bridgehead atoms. The van der Waals surface area contributed by atoms with E-state index < -0.39 is 11.7 Å². The Morgan fingerprint density at radius 1 is 1.40 bits per heavy atom. The van der Waals surface area contributed by atoms with Crippen LogP contribution in [-0.4, -0.2) is 29.0 Å². The summed E-state index contributed by atoms with van der Waals surface area (Å²) in [7, 11) is 0. The van der Waals surface area contributed by atoms with Crippen molar-refractivity contribution in [1.29, 1.82) is 0 Å². The quantitative estimate of drug-likeness (QED) is 0.619. The number of imide groups is 1. The first-order valence-corrected chi connectivity index (χ1v) is 5.14. The molecule has 0 spiro atoms. The van der Waals surface area contributed by atoms with Crippen molar-refractivity contribution in [3.63, 3.8) is 0 Å². The van der Waals surface area contributed by atoms with Crippen LogP contribution in [0.2, 0.25) is 0 Å². The maximum Gasteiger partial charge on any atom is 0.417 e. The van der Waals surface area contributed by atoms with Crippen molar-refractivity contribution in [2.75, 3.05) is 6.54 Å². The van der Waals surface area contributed by atoms with Gasteiger partial charge in [-0.15, -0.1) is 0 Å². The van der Waals surface area contributed by atoms with Gasteiger partial charge in [-0.05, 0) is 26.2 Å². The molecule has 4 heteroatoms. The van der Waals surface area contributed by atoms with E-state index in [1.165, 1.54) is 4.90 Å². The van der Waals surface area contributed by atoms with Gasteiger partial charge in [0.2, 0.25) is 5.91 Å². The number of carbonyl (C=O) groups excluding carboxylic acids is 2. The van der Waals surface area contributed by atoms with E-state index in [-0.39, 0.29) is 11.3 Å². The van der Waals surface area contributed by atoms with E-state index in [2.05, 4.69) is 0 Å². The van der Waals surface area contributed by atoms with Gasteiger partial charge >= 0.3 is 6.09 Å². The highest BCUT2D eigenvalue weighted by atomic mass is 16.6. The predicted molar refractivity (Wildman–Crippen MR) is 56.3 cm³/mol. The van der Waals surface area contributed by atoms with E-state index >= 15 is 0 Å². The second-order valence-corrected chi connectivity index (χ2v) is 5.80. The van der Waals surface area contributed by atoms with Crippen molar-refractivity contribution in [2.24, 2.45) is 5.41 Å². The van der Waals surface area contributed by atoms with Crippen molar-refractivity contribution < 1.29 is 14.3 Å². The van der Waals surface area contributed by atoms with Gasteiger partial charge in [0, 0.05) is 13.0 Å². The fraction of sp³-hybridized carbons (Fsp3) is 0.818. The number of likely N-dealkylation sites (tertiary alicyclic amines) is 1. The van der Waals surface area contributed by atoms with Crippen LogP contribution in [0.5, 0.6) is 0 Å². The van der Waals surface area contributed by atoms with Crippen LogP contribution < -0.4 is 0 Å². The van der Waals surface area contributed by atoms with Gasteiger partial charge in [0.25, 0.3) is 0 Å². The molecule has 0 saturated carbocycles. The highest BCUT2D eigenvalue weighted by molar-refractivity contribution is 5.94. The molecule has 0 aromatic rings. The molecule has 0 unspecified atom stereocenters. The minimum atomic E-state index is -0.551. The average Bonchev–Trinajstić information content (AvgIpc) is 2.20. The molecule has 1 aliphatic heterocycles. The van der Waals surface area contributed by atoms with Gasteiger partial charge in [-0.25, -0.2) is 9.69 Å². The molecule has 0 radical (unpaired) electrons. The molecule has 4 nitrogen and oxygen atoms in total. The number of amides is 2. The molecule has 1 heterocycles. The van der Waals surface area contributed by atoms with E-state index in [1.54, 1.807) is 20.8 Å². The normalized spacial score (nSPS) is 20.6. The van der Waals surface area contributed by atoms with Crippen molar-refractivity contribution in [1.82, 2.24) is 4.90 Å². The van der Waals surface area contributed by atoms with Crippen LogP contribution in [0.15, 0.2) is 0 Å². The number of ether oxygens (including phenoxy) is 1. The van der Waals surface area contributed by atoms with Gasteiger partial charge in [0.1, 0.15) is 5.60 Å². The van der Waals surface area contributed by atoms with Crippen molar-refractivity contribution in [2.45, 2.75) is 46.6 Å². The van der Waals surface area contributed by atoms with Crippen LogP contribution in [0, 0.1) is 5.41 Å². The van der Waals surface area contributed by atoms with Gasteiger partial charge in [0.15, 0.2) is 0 Å². The molecule has 86 valence electrons. The maximum atomic E-state index is 11.6. The first kappa shape index (κ1) is 12.0. The summed E-state index contributed by atoms with van der Waals surface area (Å²) in [6.45, 7) is 9.75. The van der Waals surface area contributed by atoms with E-state index in [0.717, 1.165) is 0 Å². The lowest BCUT2D eigenvalue weighted by molar-refractivity contribution is -0.127. The van der Waals surface area contributed by atoms with E-state index in [1.807, 2.05) is 13.8 Å². The number of carbonyl (C=O) groups is 2. The third-order valence-electron chi connectivity index (χ3n) is 2.13. The lowest BCUT2D eigenvalue weighted by Crippen LogP contribution is -2.38. The Morgan fingerprint density at radius 3 is 2.27 bits per heavy atom. The van der Waals surface area contributed by atoms with Gasteiger partial charge in [-0.1, -0.05) is 13.8 Å². The molecular formula is C11H19NO3. The largest absolute Gasteiger partial charge is 0.443 e. The molecule has 0 N–H and O–H groups in total. The van der Waals surface area contributed by atoms with Gasteiger partial charge in [-0.2, -0.15) is 0 Å².